The summed E-state index contributed by atoms with van der Waals surface area (Å²) in [4.78, 5) is 22.7. The fourth-order valence-corrected chi connectivity index (χ4v) is 2.31. The normalized spacial score (nSPS) is 12.1. The second kappa shape index (κ2) is 5.27. The maximum Gasteiger partial charge on any atom is 0.315 e. The summed E-state index contributed by atoms with van der Waals surface area (Å²) in [6.45, 7) is 1.73. The Morgan fingerprint density at radius 1 is 1.60 bits per heavy atom. The fraction of sp³-hybridized carbons (Fsp3) is 0.333. The molecule has 1 aromatic heterocycles. The van der Waals surface area contributed by atoms with Crippen molar-refractivity contribution in [1.82, 2.24) is 5.32 Å². The van der Waals surface area contributed by atoms with Crippen LogP contribution >= 0.6 is 27.3 Å². The summed E-state index contributed by atoms with van der Waals surface area (Å²) in [5.74, 6) is -2.58. The van der Waals surface area contributed by atoms with Crippen molar-refractivity contribution in [2.75, 3.05) is 0 Å². The van der Waals surface area contributed by atoms with Crippen LogP contribution in [-0.2, 0) is 16.1 Å². The van der Waals surface area contributed by atoms with E-state index >= 15 is 0 Å². The Morgan fingerprint density at radius 2 is 2.27 bits per heavy atom. The third-order valence-corrected chi connectivity index (χ3v) is 3.45. The van der Waals surface area contributed by atoms with Gasteiger partial charge in [0, 0.05) is 4.88 Å². The SMILES string of the molecule is CC(C(=O)O)C(=O)NCc1ccc(Br)s1. The number of carboxylic acids is 1. The summed E-state index contributed by atoms with van der Waals surface area (Å²) >= 11 is 4.81. The minimum Gasteiger partial charge on any atom is -0.481 e. The number of halogens is 1. The monoisotopic (exact) mass is 291 g/mol. The molecule has 0 aliphatic carbocycles. The molecule has 0 aliphatic rings. The van der Waals surface area contributed by atoms with Crippen molar-refractivity contribution in [3.63, 3.8) is 0 Å². The molecule has 0 bridgehead atoms. The van der Waals surface area contributed by atoms with Gasteiger partial charge in [-0.2, -0.15) is 0 Å². The molecular weight excluding hydrogens is 282 g/mol. The van der Waals surface area contributed by atoms with Crippen LogP contribution in [0.25, 0.3) is 0 Å². The number of carbonyl (C=O) groups is 2. The van der Waals surface area contributed by atoms with Gasteiger partial charge in [-0.25, -0.2) is 0 Å². The molecule has 1 amide bonds. The molecule has 15 heavy (non-hydrogen) atoms. The molecule has 0 aromatic carbocycles. The second-order valence-electron chi connectivity index (χ2n) is 2.98. The van der Waals surface area contributed by atoms with E-state index < -0.39 is 17.8 Å². The van der Waals surface area contributed by atoms with Crippen molar-refractivity contribution in [2.24, 2.45) is 5.92 Å². The van der Waals surface area contributed by atoms with Gasteiger partial charge >= 0.3 is 5.97 Å². The molecule has 1 unspecified atom stereocenters. The van der Waals surface area contributed by atoms with Crippen molar-refractivity contribution in [2.45, 2.75) is 13.5 Å². The van der Waals surface area contributed by atoms with Crippen LogP contribution in [0.4, 0.5) is 0 Å². The number of hydrogen-bond donors (Lipinski definition) is 2. The van der Waals surface area contributed by atoms with Gasteiger partial charge in [-0.15, -0.1) is 11.3 Å². The zero-order valence-corrected chi connectivity index (χ0v) is 10.4. The number of nitrogens with one attached hydrogen (secondary N) is 1. The fourth-order valence-electron chi connectivity index (χ4n) is 0.886. The van der Waals surface area contributed by atoms with Gasteiger partial charge in [-0.05, 0) is 35.0 Å². The highest BCUT2D eigenvalue weighted by Gasteiger charge is 2.19. The lowest BCUT2D eigenvalue weighted by Gasteiger charge is -2.06. The van der Waals surface area contributed by atoms with E-state index in [4.69, 9.17) is 5.11 Å². The maximum atomic E-state index is 11.3. The number of carboxylic acid groups (broad SMARTS) is 1. The zero-order chi connectivity index (χ0) is 11.4. The number of amides is 1. The summed E-state index contributed by atoms with van der Waals surface area (Å²) in [7, 11) is 0. The number of aliphatic carboxylic acids is 1. The molecule has 0 saturated heterocycles. The van der Waals surface area contributed by atoms with Crippen LogP contribution in [0, 0.1) is 5.92 Å². The highest BCUT2D eigenvalue weighted by Crippen LogP contribution is 2.21. The largest absolute Gasteiger partial charge is 0.481 e. The zero-order valence-electron chi connectivity index (χ0n) is 7.99. The van der Waals surface area contributed by atoms with E-state index in [0.29, 0.717) is 6.54 Å². The van der Waals surface area contributed by atoms with Crippen LogP contribution < -0.4 is 5.32 Å². The van der Waals surface area contributed by atoms with E-state index in [0.717, 1.165) is 8.66 Å². The van der Waals surface area contributed by atoms with Crippen LogP contribution in [0.3, 0.4) is 0 Å². The Labute approximate surface area is 99.4 Å². The first-order valence-electron chi connectivity index (χ1n) is 4.25. The number of thiophene rings is 1. The highest BCUT2D eigenvalue weighted by atomic mass is 79.9. The Kier molecular flexibility index (Phi) is 4.28. The van der Waals surface area contributed by atoms with Gasteiger partial charge in [-0.1, -0.05) is 0 Å². The van der Waals surface area contributed by atoms with Gasteiger partial charge in [0.15, 0.2) is 0 Å². The van der Waals surface area contributed by atoms with Gasteiger partial charge in [0.2, 0.25) is 5.91 Å². The highest BCUT2D eigenvalue weighted by molar-refractivity contribution is 9.11. The number of hydrogen-bond acceptors (Lipinski definition) is 3. The lowest BCUT2D eigenvalue weighted by Crippen LogP contribution is -2.32. The van der Waals surface area contributed by atoms with Gasteiger partial charge in [0.1, 0.15) is 5.92 Å². The van der Waals surface area contributed by atoms with E-state index in [9.17, 15) is 9.59 Å². The lowest BCUT2D eigenvalue weighted by atomic mass is 10.2. The van der Waals surface area contributed by atoms with Gasteiger partial charge in [0.05, 0.1) is 10.3 Å². The molecule has 1 atom stereocenters. The van der Waals surface area contributed by atoms with Crippen molar-refractivity contribution in [1.29, 1.82) is 0 Å². The van der Waals surface area contributed by atoms with E-state index in [1.807, 2.05) is 12.1 Å². The van der Waals surface area contributed by atoms with Crippen molar-refractivity contribution in [3.05, 3.63) is 20.8 Å². The Hall–Kier alpha value is -0.880. The van der Waals surface area contributed by atoms with E-state index in [-0.39, 0.29) is 0 Å². The standard InChI is InChI=1S/C9H10BrNO3S/c1-5(9(13)14)8(12)11-4-6-2-3-7(10)15-6/h2-3,5H,4H2,1H3,(H,11,12)(H,13,14). The van der Waals surface area contributed by atoms with Gasteiger partial charge in [-0.3, -0.25) is 9.59 Å². The first kappa shape index (κ1) is 12.2. The molecule has 6 heteroatoms. The summed E-state index contributed by atoms with van der Waals surface area (Å²) in [5, 5.41) is 11.2. The summed E-state index contributed by atoms with van der Waals surface area (Å²) < 4.78 is 0.984. The Bertz CT molecular complexity index is 377. The minimum absolute atomic E-state index is 0.368. The van der Waals surface area contributed by atoms with E-state index in [1.54, 1.807) is 0 Å². The summed E-state index contributed by atoms with van der Waals surface area (Å²) in [6.07, 6.45) is 0. The third-order valence-electron chi connectivity index (χ3n) is 1.83. The average Bonchev–Trinajstić information content (AvgIpc) is 2.59. The molecule has 0 fully saturated rings. The summed E-state index contributed by atoms with van der Waals surface area (Å²) in [6, 6.07) is 3.76. The maximum absolute atomic E-state index is 11.3. The molecule has 1 aromatic rings. The lowest BCUT2D eigenvalue weighted by molar-refractivity contribution is -0.146. The van der Waals surface area contributed by atoms with Crippen LogP contribution in [0.5, 0.6) is 0 Å². The Morgan fingerprint density at radius 3 is 2.73 bits per heavy atom. The molecule has 0 radical (unpaired) electrons. The van der Waals surface area contributed by atoms with E-state index in [1.165, 1.54) is 18.3 Å². The predicted molar refractivity (Wildman–Crippen MR) is 60.7 cm³/mol. The third kappa shape index (κ3) is 3.64. The van der Waals surface area contributed by atoms with Gasteiger partial charge < -0.3 is 10.4 Å². The predicted octanol–water partition coefficient (Wildman–Crippen LogP) is 1.85. The van der Waals surface area contributed by atoms with Crippen molar-refractivity contribution >= 4 is 39.1 Å². The first-order valence-corrected chi connectivity index (χ1v) is 5.86. The number of rotatable bonds is 4. The minimum atomic E-state index is -1.11. The quantitative estimate of drug-likeness (QED) is 0.832. The molecular formula is C9H10BrNO3S. The molecule has 4 nitrogen and oxygen atoms in total. The second-order valence-corrected chi connectivity index (χ2v) is 5.53. The van der Waals surface area contributed by atoms with E-state index in [2.05, 4.69) is 21.2 Å². The molecule has 82 valence electrons. The topological polar surface area (TPSA) is 66.4 Å². The molecule has 2 N–H and O–H groups in total. The Balaban J connectivity index is 2.44. The number of carbonyl (C=O) groups excluding carboxylic acids is 1. The van der Waals surface area contributed by atoms with Crippen LogP contribution in [-0.4, -0.2) is 17.0 Å². The molecule has 0 saturated carbocycles. The average molecular weight is 292 g/mol. The smallest absolute Gasteiger partial charge is 0.315 e. The van der Waals surface area contributed by atoms with Crippen LogP contribution in [0.2, 0.25) is 0 Å². The molecule has 1 rings (SSSR count). The molecule has 0 spiro atoms. The van der Waals surface area contributed by atoms with Crippen molar-refractivity contribution in [3.8, 4) is 0 Å². The van der Waals surface area contributed by atoms with Crippen LogP contribution in [0.15, 0.2) is 15.9 Å². The van der Waals surface area contributed by atoms with Crippen LogP contribution in [0.1, 0.15) is 11.8 Å². The molecule has 0 aliphatic heterocycles. The summed E-state index contributed by atoms with van der Waals surface area (Å²) in [5.41, 5.74) is 0. The first-order chi connectivity index (χ1) is 7.00. The van der Waals surface area contributed by atoms with Gasteiger partial charge in [0.25, 0.3) is 0 Å². The van der Waals surface area contributed by atoms with Crippen molar-refractivity contribution < 1.29 is 14.7 Å². The molecule has 1 heterocycles.